The molecular formula is C25H26N4O. The van der Waals surface area contributed by atoms with E-state index in [1.54, 1.807) is 7.11 Å². The summed E-state index contributed by atoms with van der Waals surface area (Å²) >= 11 is 0. The smallest absolute Gasteiger partial charge is 0.161 e. The zero-order valence-electron chi connectivity index (χ0n) is 17.2. The number of piperazine rings is 1. The Hall–Kier alpha value is -3.31. The molecule has 1 fully saturated rings. The number of nitrogens with zero attached hydrogens (tertiary/aromatic N) is 4. The summed E-state index contributed by atoms with van der Waals surface area (Å²) in [6.45, 7) is 3.84. The number of hydrogen-bond donors (Lipinski definition) is 0. The van der Waals surface area contributed by atoms with Gasteiger partial charge in [-0.15, -0.1) is 0 Å². The van der Waals surface area contributed by atoms with E-state index in [2.05, 4.69) is 87.8 Å². The van der Waals surface area contributed by atoms with Crippen molar-refractivity contribution in [1.29, 1.82) is 0 Å². The Kier molecular flexibility index (Phi) is 5.11. The van der Waals surface area contributed by atoms with E-state index in [4.69, 9.17) is 9.73 Å². The van der Waals surface area contributed by atoms with Gasteiger partial charge in [-0.1, -0.05) is 48.5 Å². The van der Waals surface area contributed by atoms with Crippen LogP contribution < -0.4 is 20.2 Å². The molecule has 30 heavy (non-hydrogen) atoms. The van der Waals surface area contributed by atoms with Crippen molar-refractivity contribution in [3.8, 4) is 5.75 Å². The van der Waals surface area contributed by atoms with Gasteiger partial charge in [-0.25, -0.2) is 5.01 Å². The van der Waals surface area contributed by atoms with Crippen LogP contribution in [-0.4, -0.2) is 43.3 Å². The standard InChI is InChI=1S/C25H26N4O/c1-30-23-13-11-22(12-14-23)27-15-17-28(18-16-27)29-19-21-9-5-6-10-24(21)26-25(29)20-7-3-2-4-8-20/h2-14,19,25H,15-18H2,1H3. The summed E-state index contributed by atoms with van der Waals surface area (Å²) in [5.74, 6) is 0.895. The second kappa shape index (κ2) is 8.20. The minimum atomic E-state index is -0.0337. The predicted molar refractivity (Wildman–Crippen MR) is 119 cm³/mol. The van der Waals surface area contributed by atoms with E-state index in [1.165, 1.54) is 16.5 Å². The molecule has 0 amide bonds. The average Bonchev–Trinajstić information content (AvgIpc) is 2.84. The lowest BCUT2D eigenvalue weighted by molar-refractivity contribution is -0.00417. The van der Waals surface area contributed by atoms with Gasteiger partial charge in [0, 0.05) is 43.3 Å². The van der Waals surface area contributed by atoms with Crippen LogP contribution in [0.5, 0.6) is 5.75 Å². The maximum absolute atomic E-state index is 5.29. The Morgan fingerprint density at radius 2 is 1.50 bits per heavy atom. The van der Waals surface area contributed by atoms with Gasteiger partial charge in [0.2, 0.25) is 0 Å². The van der Waals surface area contributed by atoms with Gasteiger partial charge in [-0.3, -0.25) is 10.0 Å². The van der Waals surface area contributed by atoms with Crippen LogP contribution in [0.4, 0.5) is 5.69 Å². The maximum Gasteiger partial charge on any atom is 0.161 e. The van der Waals surface area contributed by atoms with Crippen LogP contribution in [0.25, 0.3) is 6.20 Å². The van der Waals surface area contributed by atoms with E-state index in [1.807, 2.05) is 12.1 Å². The molecule has 2 aliphatic heterocycles. The van der Waals surface area contributed by atoms with Gasteiger partial charge in [0.05, 0.1) is 12.5 Å². The number of fused-ring (bicyclic) bond motifs is 1. The number of benzene rings is 3. The van der Waals surface area contributed by atoms with Crippen molar-refractivity contribution in [3.63, 3.8) is 0 Å². The van der Waals surface area contributed by atoms with E-state index in [9.17, 15) is 0 Å². The Morgan fingerprint density at radius 1 is 0.800 bits per heavy atom. The third kappa shape index (κ3) is 3.64. The molecule has 5 rings (SSSR count). The van der Waals surface area contributed by atoms with Gasteiger partial charge < -0.3 is 9.64 Å². The molecule has 1 atom stereocenters. The van der Waals surface area contributed by atoms with Gasteiger partial charge in [-0.2, -0.15) is 0 Å². The fraction of sp³-hybridized carbons (Fsp3) is 0.240. The first-order valence-electron chi connectivity index (χ1n) is 10.4. The van der Waals surface area contributed by atoms with Crippen LogP contribution in [-0.2, 0) is 0 Å². The zero-order valence-corrected chi connectivity index (χ0v) is 17.2. The molecule has 152 valence electrons. The average molecular weight is 399 g/mol. The summed E-state index contributed by atoms with van der Waals surface area (Å²) < 4.78 is 5.29. The number of ether oxygens (including phenoxy) is 1. The molecule has 1 unspecified atom stereocenters. The molecule has 0 bridgehead atoms. The summed E-state index contributed by atoms with van der Waals surface area (Å²) in [5, 5.41) is 6.97. The fourth-order valence-corrected chi connectivity index (χ4v) is 4.19. The Morgan fingerprint density at radius 3 is 2.23 bits per heavy atom. The number of hydrogen-bond acceptors (Lipinski definition) is 5. The summed E-state index contributed by atoms with van der Waals surface area (Å²) in [7, 11) is 1.70. The third-order valence-electron chi connectivity index (χ3n) is 5.84. The number of methoxy groups -OCH3 is 1. The molecule has 0 saturated carbocycles. The minimum absolute atomic E-state index is 0.0337. The summed E-state index contributed by atoms with van der Waals surface area (Å²) in [6.07, 6.45) is 2.22. The predicted octanol–water partition coefficient (Wildman–Crippen LogP) is 2.80. The highest BCUT2D eigenvalue weighted by atomic mass is 16.5. The highest BCUT2D eigenvalue weighted by molar-refractivity contribution is 5.49. The van der Waals surface area contributed by atoms with Crippen molar-refractivity contribution in [2.45, 2.75) is 6.17 Å². The van der Waals surface area contributed by atoms with E-state index in [0.717, 1.165) is 37.3 Å². The van der Waals surface area contributed by atoms with Gasteiger partial charge in [0.1, 0.15) is 5.75 Å². The summed E-state index contributed by atoms with van der Waals surface area (Å²) in [4.78, 5) is 7.53. The molecule has 0 spiro atoms. The first-order chi connectivity index (χ1) is 14.8. The van der Waals surface area contributed by atoms with Gasteiger partial charge in [0.15, 0.2) is 6.17 Å². The largest absolute Gasteiger partial charge is 0.497 e. The first-order valence-corrected chi connectivity index (χ1v) is 10.4. The van der Waals surface area contributed by atoms with Gasteiger partial charge >= 0.3 is 0 Å². The number of anilines is 1. The number of rotatable bonds is 4. The molecule has 3 aromatic carbocycles. The molecule has 1 saturated heterocycles. The highest BCUT2D eigenvalue weighted by Crippen LogP contribution is 2.27. The van der Waals surface area contributed by atoms with Crippen molar-refractivity contribution in [1.82, 2.24) is 10.0 Å². The monoisotopic (exact) mass is 398 g/mol. The quantitative estimate of drug-likeness (QED) is 0.676. The molecule has 0 aromatic heterocycles. The van der Waals surface area contributed by atoms with Crippen molar-refractivity contribution in [3.05, 3.63) is 95.0 Å². The van der Waals surface area contributed by atoms with Crippen molar-refractivity contribution in [2.24, 2.45) is 4.99 Å². The lowest BCUT2D eigenvalue weighted by Gasteiger charge is -2.44. The first kappa shape index (κ1) is 18.7. The molecule has 0 aliphatic carbocycles. The Labute approximate surface area is 177 Å². The summed E-state index contributed by atoms with van der Waals surface area (Å²) in [5.41, 5.74) is 2.45. The van der Waals surface area contributed by atoms with E-state index in [-0.39, 0.29) is 6.17 Å². The van der Waals surface area contributed by atoms with Crippen LogP contribution in [0.3, 0.4) is 0 Å². The van der Waals surface area contributed by atoms with Gasteiger partial charge in [0.25, 0.3) is 0 Å². The van der Waals surface area contributed by atoms with Crippen molar-refractivity contribution < 1.29 is 4.74 Å². The lowest BCUT2D eigenvalue weighted by Crippen LogP contribution is -2.54. The van der Waals surface area contributed by atoms with E-state index in [0.29, 0.717) is 0 Å². The zero-order chi connectivity index (χ0) is 20.3. The Balaban J connectivity index is 1.39. The third-order valence-corrected chi connectivity index (χ3v) is 5.84. The molecule has 0 radical (unpaired) electrons. The molecule has 0 N–H and O–H groups in total. The van der Waals surface area contributed by atoms with Crippen LogP contribution in [0.15, 0.2) is 83.9 Å². The molecule has 3 aromatic rings. The molecule has 2 aliphatic rings. The molecule has 5 nitrogen and oxygen atoms in total. The number of hydrazine groups is 1. The van der Waals surface area contributed by atoms with E-state index < -0.39 is 0 Å². The van der Waals surface area contributed by atoms with Crippen LogP contribution >= 0.6 is 0 Å². The molecule has 2 heterocycles. The minimum Gasteiger partial charge on any atom is -0.497 e. The fourth-order valence-electron chi connectivity index (χ4n) is 4.19. The molecular weight excluding hydrogens is 372 g/mol. The normalized spacial score (nSPS) is 18.9. The van der Waals surface area contributed by atoms with Crippen molar-refractivity contribution in [2.75, 3.05) is 38.2 Å². The second-order valence-corrected chi connectivity index (χ2v) is 7.62. The van der Waals surface area contributed by atoms with Crippen LogP contribution in [0.2, 0.25) is 0 Å². The number of para-hydroxylation sites is 1. The van der Waals surface area contributed by atoms with Crippen molar-refractivity contribution >= 4 is 11.9 Å². The SMILES string of the molecule is COc1ccc(N2CCN(N3C=c4ccccc4=NC3c3ccccc3)CC2)cc1. The van der Waals surface area contributed by atoms with Crippen LogP contribution in [0, 0.1) is 0 Å². The maximum atomic E-state index is 5.29. The second-order valence-electron chi connectivity index (χ2n) is 7.62. The topological polar surface area (TPSA) is 31.3 Å². The lowest BCUT2D eigenvalue weighted by atomic mass is 10.1. The molecule has 5 heteroatoms. The highest BCUT2D eigenvalue weighted by Gasteiger charge is 2.28. The van der Waals surface area contributed by atoms with Crippen LogP contribution in [0.1, 0.15) is 11.7 Å². The summed E-state index contributed by atoms with van der Waals surface area (Å²) in [6, 6.07) is 27.3. The Bertz CT molecular complexity index is 1110. The van der Waals surface area contributed by atoms with Gasteiger partial charge in [-0.05, 0) is 35.9 Å². The van der Waals surface area contributed by atoms with E-state index >= 15 is 0 Å².